The number of rotatable bonds is 8. The minimum Gasteiger partial charge on any atom is -0.375 e. The van der Waals surface area contributed by atoms with Crippen LogP contribution in [0.1, 0.15) is 65.2 Å². The van der Waals surface area contributed by atoms with E-state index in [0.29, 0.717) is 12.2 Å². The van der Waals surface area contributed by atoms with Crippen LogP contribution in [-0.4, -0.2) is 21.8 Å². The quantitative estimate of drug-likeness (QED) is 0.658. The SMILES string of the molecule is CC(CCCCCn1ccnc1)OC1CCCCC1C. The first-order chi connectivity index (χ1) is 9.75. The number of nitrogens with zero attached hydrogens (tertiary/aromatic N) is 2. The molecule has 20 heavy (non-hydrogen) atoms. The largest absolute Gasteiger partial charge is 0.375 e. The Labute approximate surface area is 123 Å². The van der Waals surface area contributed by atoms with Gasteiger partial charge in [-0.25, -0.2) is 4.98 Å². The van der Waals surface area contributed by atoms with E-state index in [1.165, 1.54) is 51.4 Å². The maximum Gasteiger partial charge on any atom is 0.0945 e. The Bertz CT molecular complexity index is 350. The average Bonchev–Trinajstić information content (AvgIpc) is 2.94. The predicted octanol–water partition coefficient (Wildman–Crippen LogP) is 4.43. The highest BCUT2D eigenvalue weighted by Crippen LogP contribution is 2.27. The molecule has 3 nitrogen and oxygen atoms in total. The van der Waals surface area contributed by atoms with Crippen molar-refractivity contribution >= 4 is 0 Å². The molecule has 2 rings (SSSR count). The van der Waals surface area contributed by atoms with Crippen molar-refractivity contribution < 1.29 is 4.74 Å². The highest BCUT2D eigenvalue weighted by atomic mass is 16.5. The van der Waals surface area contributed by atoms with E-state index in [1.807, 2.05) is 18.7 Å². The summed E-state index contributed by atoms with van der Waals surface area (Å²) in [5.74, 6) is 0.757. The second-order valence-corrected chi connectivity index (χ2v) is 6.40. The van der Waals surface area contributed by atoms with Crippen LogP contribution < -0.4 is 0 Å². The molecule has 0 bridgehead atoms. The highest BCUT2D eigenvalue weighted by molar-refractivity contribution is 4.74. The lowest BCUT2D eigenvalue weighted by Gasteiger charge is -2.31. The molecule has 1 aliphatic rings. The van der Waals surface area contributed by atoms with Gasteiger partial charge in [0, 0.05) is 18.9 Å². The van der Waals surface area contributed by atoms with Gasteiger partial charge in [0.15, 0.2) is 0 Å². The van der Waals surface area contributed by atoms with Crippen molar-refractivity contribution in [3.63, 3.8) is 0 Å². The third-order valence-corrected chi connectivity index (χ3v) is 4.53. The van der Waals surface area contributed by atoms with Crippen LogP contribution in [0.4, 0.5) is 0 Å². The second-order valence-electron chi connectivity index (χ2n) is 6.40. The highest BCUT2D eigenvalue weighted by Gasteiger charge is 2.23. The first-order valence-electron chi connectivity index (χ1n) is 8.37. The summed E-state index contributed by atoms with van der Waals surface area (Å²) in [6, 6.07) is 0. The van der Waals surface area contributed by atoms with Crippen LogP contribution in [0.2, 0.25) is 0 Å². The van der Waals surface area contributed by atoms with E-state index in [-0.39, 0.29) is 0 Å². The molecule has 114 valence electrons. The third kappa shape index (κ3) is 5.28. The zero-order valence-electron chi connectivity index (χ0n) is 13.1. The van der Waals surface area contributed by atoms with E-state index in [1.54, 1.807) is 0 Å². The summed E-state index contributed by atoms with van der Waals surface area (Å²) in [7, 11) is 0. The molecule has 0 aliphatic heterocycles. The molecule has 1 aromatic rings. The number of imidazole rings is 1. The number of ether oxygens (including phenoxy) is 1. The van der Waals surface area contributed by atoms with Crippen LogP contribution in [-0.2, 0) is 11.3 Å². The van der Waals surface area contributed by atoms with E-state index in [9.17, 15) is 0 Å². The van der Waals surface area contributed by atoms with E-state index in [0.717, 1.165) is 12.5 Å². The van der Waals surface area contributed by atoms with Gasteiger partial charge in [0.1, 0.15) is 0 Å². The van der Waals surface area contributed by atoms with Crippen LogP contribution in [0.5, 0.6) is 0 Å². The zero-order chi connectivity index (χ0) is 14.2. The van der Waals surface area contributed by atoms with E-state index in [2.05, 4.69) is 23.4 Å². The van der Waals surface area contributed by atoms with Gasteiger partial charge in [-0.05, 0) is 38.5 Å². The minimum absolute atomic E-state index is 0.425. The summed E-state index contributed by atoms with van der Waals surface area (Å²) >= 11 is 0. The lowest BCUT2D eigenvalue weighted by molar-refractivity contribution is -0.0513. The Hall–Kier alpha value is -0.830. The molecule has 3 heteroatoms. The number of aromatic nitrogens is 2. The summed E-state index contributed by atoms with van der Waals surface area (Å²) in [6.07, 6.45) is 17.1. The number of hydrogen-bond acceptors (Lipinski definition) is 2. The Morgan fingerprint density at radius 1 is 1.25 bits per heavy atom. The first-order valence-corrected chi connectivity index (χ1v) is 8.37. The Morgan fingerprint density at radius 3 is 2.85 bits per heavy atom. The van der Waals surface area contributed by atoms with Gasteiger partial charge in [-0.15, -0.1) is 0 Å². The maximum absolute atomic E-state index is 6.24. The molecular formula is C17H30N2O. The minimum atomic E-state index is 0.425. The van der Waals surface area contributed by atoms with Crippen LogP contribution in [0.25, 0.3) is 0 Å². The van der Waals surface area contributed by atoms with Crippen LogP contribution in [0.15, 0.2) is 18.7 Å². The molecule has 1 heterocycles. The summed E-state index contributed by atoms with van der Waals surface area (Å²) in [4.78, 5) is 4.06. The van der Waals surface area contributed by atoms with Gasteiger partial charge in [0.25, 0.3) is 0 Å². The molecule has 0 aromatic carbocycles. The standard InChI is InChI=1S/C17H30N2O/c1-15-8-5-6-10-17(15)20-16(2)9-4-3-7-12-19-13-11-18-14-19/h11,13-17H,3-10,12H2,1-2H3. The summed E-state index contributed by atoms with van der Waals surface area (Å²) in [5, 5.41) is 0. The molecule has 1 aromatic heterocycles. The molecule has 0 N–H and O–H groups in total. The molecule has 3 atom stereocenters. The topological polar surface area (TPSA) is 27.1 Å². The molecule has 1 saturated carbocycles. The lowest BCUT2D eigenvalue weighted by Crippen LogP contribution is -2.29. The number of hydrogen-bond donors (Lipinski definition) is 0. The molecule has 1 fully saturated rings. The Balaban J connectivity index is 1.52. The first kappa shape index (κ1) is 15.6. The smallest absolute Gasteiger partial charge is 0.0945 e. The fraction of sp³-hybridized carbons (Fsp3) is 0.824. The molecule has 3 unspecified atom stereocenters. The van der Waals surface area contributed by atoms with Crippen molar-refractivity contribution in [2.75, 3.05) is 0 Å². The molecule has 1 aliphatic carbocycles. The van der Waals surface area contributed by atoms with Gasteiger partial charge < -0.3 is 9.30 Å². The van der Waals surface area contributed by atoms with Gasteiger partial charge in [0.2, 0.25) is 0 Å². The molecule has 0 saturated heterocycles. The van der Waals surface area contributed by atoms with Gasteiger partial charge in [-0.3, -0.25) is 0 Å². The summed E-state index contributed by atoms with van der Waals surface area (Å²) in [5.41, 5.74) is 0. The monoisotopic (exact) mass is 278 g/mol. The van der Waals surface area contributed by atoms with Crippen molar-refractivity contribution in [3.8, 4) is 0 Å². The van der Waals surface area contributed by atoms with Crippen molar-refractivity contribution in [1.82, 2.24) is 9.55 Å². The Morgan fingerprint density at radius 2 is 2.10 bits per heavy atom. The van der Waals surface area contributed by atoms with Crippen molar-refractivity contribution in [2.45, 2.75) is 84.0 Å². The van der Waals surface area contributed by atoms with Crippen LogP contribution in [0.3, 0.4) is 0 Å². The molecular weight excluding hydrogens is 248 g/mol. The van der Waals surface area contributed by atoms with Crippen LogP contribution >= 0.6 is 0 Å². The predicted molar refractivity (Wildman–Crippen MR) is 82.7 cm³/mol. The lowest BCUT2D eigenvalue weighted by atomic mass is 9.88. The zero-order valence-corrected chi connectivity index (χ0v) is 13.1. The fourth-order valence-electron chi connectivity index (χ4n) is 3.17. The Kier molecular flexibility index (Phi) is 6.58. The van der Waals surface area contributed by atoms with E-state index >= 15 is 0 Å². The van der Waals surface area contributed by atoms with Gasteiger partial charge >= 0.3 is 0 Å². The maximum atomic E-state index is 6.24. The van der Waals surface area contributed by atoms with Gasteiger partial charge in [-0.2, -0.15) is 0 Å². The van der Waals surface area contributed by atoms with E-state index in [4.69, 9.17) is 4.74 Å². The third-order valence-electron chi connectivity index (χ3n) is 4.53. The normalized spacial score (nSPS) is 24.7. The van der Waals surface area contributed by atoms with E-state index < -0.39 is 0 Å². The number of aryl methyl sites for hydroxylation is 1. The second kappa shape index (κ2) is 8.46. The molecule has 0 spiro atoms. The van der Waals surface area contributed by atoms with Crippen LogP contribution in [0, 0.1) is 5.92 Å². The van der Waals surface area contributed by atoms with Crippen molar-refractivity contribution in [3.05, 3.63) is 18.7 Å². The van der Waals surface area contributed by atoms with Crippen molar-refractivity contribution in [1.29, 1.82) is 0 Å². The summed E-state index contributed by atoms with van der Waals surface area (Å²) < 4.78 is 8.40. The molecule has 0 amide bonds. The van der Waals surface area contributed by atoms with Crippen molar-refractivity contribution in [2.24, 2.45) is 5.92 Å². The average molecular weight is 278 g/mol. The van der Waals surface area contributed by atoms with Gasteiger partial charge in [-0.1, -0.05) is 32.6 Å². The number of unbranched alkanes of at least 4 members (excludes halogenated alkanes) is 2. The summed E-state index contributed by atoms with van der Waals surface area (Å²) in [6.45, 7) is 5.69. The fourth-order valence-corrected chi connectivity index (χ4v) is 3.17. The van der Waals surface area contributed by atoms with Gasteiger partial charge in [0.05, 0.1) is 18.5 Å². The molecule has 0 radical (unpaired) electrons.